The second kappa shape index (κ2) is 4.15. The van der Waals surface area contributed by atoms with Gasteiger partial charge in [-0.15, -0.1) is 11.6 Å². The predicted octanol–water partition coefficient (Wildman–Crippen LogP) is 2.16. The smallest absolute Gasteiger partial charge is 0.178 e. The van der Waals surface area contributed by atoms with E-state index in [2.05, 4.69) is 6.58 Å². The summed E-state index contributed by atoms with van der Waals surface area (Å²) in [5, 5.41) is 18.6. The van der Waals surface area contributed by atoms with Crippen LogP contribution in [-0.2, 0) is 0 Å². The molecular formula is C10H9ClO3. The first-order valence-corrected chi connectivity index (χ1v) is 4.41. The van der Waals surface area contributed by atoms with Crippen molar-refractivity contribution in [2.45, 2.75) is 0 Å². The Morgan fingerprint density at radius 1 is 1.50 bits per heavy atom. The van der Waals surface area contributed by atoms with Crippen LogP contribution in [0.2, 0.25) is 0 Å². The molecule has 3 nitrogen and oxygen atoms in total. The third kappa shape index (κ3) is 1.72. The van der Waals surface area contributed by atoms with Crippen molar-refractivity contribution >= 4 is 23.5 Å². The van der Waals surface area contributed by atoms with E-state index in [1.54, 1.807) is 0 Å². The van der Waals surface area contributed by atoms with Gasteiger partial charge in [0.15, 0.2) is 17.3 Å². The summed E-state index contributed by atoms with van der Waals surface area (Å²) in [5.74, 6) is -1.13. The van der Waals surface area contributed by atoms with Crippen LogP contribution in [0.25, 0.3) is 6.08 Å². The molecule has 0 aliphatic rings. The monoisotopic (exact) mass is 212 g/mol. The van der Waals surface area contributed by atoms with E-state index in [0.717, 1.165) is 0 Å². The lowest BCUT2D eigenvalue weighted by Crippen LogP contribution is -2.02. The highest BCUT2D eigenvalue weighted by Gasteiger charge is 2.14. The molecule has 0 atom stereocenters. The van der Waals surface area contributed by atoms with Gasteiger partial charge in [-0.25, -0.2) is 0 Å². The van der Waals surface area contributed by atoms with Crippen molar-refractivity contribution in [1.29, 1.82) is 0 Å². The van der Waals surface area contributed by atoms with E-state index in [9.17, 15) is 9.90 Å². The summed E-state index contributed by atoms with van der Waals surface area (Å²) in [6.45, 7) is 3.44. The number of benzene rings is 1. The Morgan fingerprint density at radius 2 is 2.14 bits per heavy atom. The quantitative estimate of drug-likeness (QED) is 0.459. The fraction of sp³-hybridized carbons (Fsp3) is 0.100. The molecule has 4 heteroatoms. The van der Waals surface area contributed by atoms with Crippen molar-refractivity contribution in [2.24, 2.45) is 0 Å². The maximum absolute atomic E-state index is 11.3. The van der Waals surface area contributed by atoms with Crippen molar-refractivity contribution in [3.8, 4) is 11.5 Å². The van der Waals surface area contributed by atoms with E-state index >= 15 is 0 Å². The minimum absolute atomic E-state index is 0.176. The van der Waals surface area contributed by atoms with Gasteiger partial charge in [-0.2, -0.15) is 0 Å². The molecule has 0 unspecified atom stereocenters. The molecule has 0 aliphatic carbocycles. The topological polar surface area (TPSA) is 57.5 Å². The summed E-state index contributed by atoms with van der Waals surface area (Å²) >= 11 is 5.38. The Balaban J connectivity index is 3.38. The van der Waals surface area contributed by atoms with E-state index in [4.69, 9.17) is 16.7 Å². The molecule has 0 saturated carbocycles. The first-order valence-electron chi connectivity index (χ1n) is 3.88. The normalized spacial score (nSPS) is 9.79. The number of Topliss-reactive ketones (excluding diaryl/α,β-unsaturated/α-hetero) is 1. The van der Waals surface area contributed by atoms with E-state index in [1.165, 1.54) is 18.2 Å². The van der Waals surface area contributed by atoms with Crippen LogP contribution in [0, 0.1) is 0 Å². The number of carbonyl (C=O) groups is 1. The molecule has 0 saturated heterocycles. The van der Waals surface area contributed by atoms with Gasteiger partial charge in [-0.3, -0.25) is 4.79 Å². The van der Waals surface area contributed by atoms with E-state index in [0.29, 0.717) is 0 Å². The zero-order valence-electron chi connectivity index (χ0n) is 7.33. The molecule has 0 fully saturated rings. The molecule has 0 heterocycles. The predicted molar refractivity (Wildman–Crippen MR) is 54.9 cm³/mol. The Morgan fingerprint density at radius 3 is 2.64 bits per heavy atom. The molecule has 74 valence electrons. The van der Waals surface area contributed by atoms with Crippen LogP contribution in [-0.4, -0.2) is 21.9 Å². The highest BCUT2D eigenvalue weighted by Crippen LogP contribution is 2.32. The Labute approximate surface area is 86.3 Å². The molecule has 0 aliphatic heterocycles. The summed E-state index contributed by atoms with van der Waals surface area (Å²) in [6, 6.07) is 2.64. The number of aromatic hydroxyl groups is 2. The molecule has 1 aromatic carbocycles. The van der Waals surface area contributed by atoms with Crippen LogP contribution in [0.4, 0.5) is 0 Å². The second-order valence-corrected chi connectivity index (χ2v) is 2.92. The fourth-order valence-electron chi connectivity index (χ4n) is 1.12. The average molecular weight is 213 g/mol. The van der Waals surface area contributed by atoms with Crippen molar-refractivity contribution < 1.29 is 15.0 Å². The lowest BCUT2D eigenvalue weighted by atomic mass is 10.0. The van der Waals surface area contributed by atoms with Gasteiger partial charge < -0.3 is 10.2 Å². The number of phenolic OH excluding ortho intramolecular Hbond substituents is 2. The van der Waals surface area contributed by atoms with Crippen LogP contribution in [0.15, 0.2) is 18.7 Å². The Hall–Kier alpha value is -1.48. The van der Waals surface area contributed by atoms with E-state index in [-0.39, 0.29) is 34.3 Å². The zero-order valence-corrected chi connectivity index (χ0v) is 8.08. The van der Waals surface area contributed by atoms with Crippen molar-refractivity contribution in [1.82, 2.24) is 0 Å². The van der Waals surface area contributed by atoms with E-state index < -0.39 is 0 Å². The number of rotatable bonds is 3. The molecule has 0 spiro atoms. The van der Waals surface area contributed by atoms with Gasteiger partial charge >= 0.3 is 0 Å². The maximum Gasteiger partial charge on any atom is 0.178 e. The summed E-state index contributed by atoms with van der Waals surface area (Å²) < 4.78 is 0. The van der Waals surface area contributed by atoms with Gasteiger partial charge in [0, 0.05) is 11.1 Å². The van der Waals surface area contributed by atoms with E-state index in [1.807, 2.05) is 0 Å². The number of hydrogen-bond donors (Lipinski definition) is 2. The Kier molecular flexibility index (Phi) is 3.14. The summed E-state index contributed by atoms with van der Waals surface area (Å²) in [7, 11) is 0. The number of ketones is 1. The van der Waals surface area contributed by atoms with Gasteiger partial charge in [0.25, 0.3) is 0 Å². The lowest BCUT2D eigenvalue weighted by Gasteiger charge is -2.06. The van der Waals surface area contributed by atoms with Gasteiger partial charge in [0.2, 0.25) is 0 Å². The molecular weight excluding hydrogens is 204 g/mol. The first-order chi connectivity index (χ1) is 6.61. The van der Waals surface area contributed by atoms with Gasteiger partial charge in [-0.1, -0.05) is 12.7 Å². The van der Waals surface area contributed by atoms with Crippen LogP contribution >= 0.6 is 11.6 Å². The summed E-state index contributed by atoms with van der Waals surface area (Å²) in [4.78, 5) is 11.3. The SMILES string of the molecule is C=Cc1c(C(=O)CCl)ccc(O)c1O. The van der Waals surface area contributed by atoms with Crippen molar-refractivity contribution in [3.05, 3.63) is 29.8 Å². The zero-order chi connectivity index (χ0) is 10.7. The molecule has 0 radical (unpaired) electrons. The Bertz CT molecular complexity index is 385. The standard InChI is InChI=1S/C10H9ClO3/c1-2-6-7(9(13)5-11)3-4-8(12)10(6)14/h2-4,12,14H,1,5H2. The van der Waals surface area contributed by atoms with Crippen molar-refractivity contribution in [3.63, 3.8) is 0 Å². The van der Waals surface area contributed by atoms with Crippen LogP contribution in [0.1, 0.15) is 15.9 Å². The molecule has 1 rings (SSSR count). The van der Waals surface area contributed by atoms with Gasteiger partial charge in [0.05, 0.1) is 5.88 Å². The van der Waals surface area contributed by atoms with Crippen LogP contribution in [0.3, 0.4) is 0 Å². The minimum Gasteiger partial charge on any atom is -0.504 e. The molecule has 2 N–H and O–H groups in total. The van der Waals surface area contributed by atoms with Crippen LogP contribution in [0.5, 0.6) is 11.5 Å². The van der Waals surface area contributed by atoms with Gasteiger partial charge in [-0.05, 0) is 12.1 Å². The van der Waals surface area contributed by atoms with Crippen molar-refractivity contribution in [2.75, 3.05) is 5.88 Å². The third-order valence-corrected chi connectivity index (χ3v) is 2.06. The number of halogens is 1. The number of phenols is 2. The largest absolute Gasteiger partial charge is 0.504 e. The van der Waals surface area contributed by atoms with Gasteiger partial charge in [0.1, 0.15) is 0 Å². The fourth-order valence-corrected chi connectivity index (χ4v) is 1.26. The number of carbonyl (C=O) groups excluding carboxylic acids is 1. The highest BCUT2D eigenvalue weighted by molar-refractivity contribution is 6.30. The highest BCUT2D eigenvalue weighted by atomic mass is 35.5. The van der Waals surface area contributed by atoms with Crippen LogP contribution < -0.4 is 0 Å². The molecule has 0 amide bonds. The molecule has 14 heavy (non-hydrogen) atoms. The summed E-state index contributed by atoms with van der Waals surface area (Å²) in [6.07, 6.45) is 1.30. The number of hydrogen-bond acceptors (Lipinski definition) is 3. The third-order valence-electron chi connectivity index (χ3n) is 1.82. The average Bonchev–Trinajstić information content (AvgIpc) is 2.20. The second-order valence-electron chi connectivity index (χ2n) is 2.66. The first kappa shape index (κ1) is 10.6. The molecule has 0 bridgehead atoms. The maximum atomic E-state index is 11.3. The number of alkyl halides is 1. The summed E-state index contributed by atoms with van der Waals surface area (Å²) in [5.41, 5.74) is 0.459. The minimum atomic E-state index is -0.351. The molecule has 0 aromatic heterocycles. The molecule has 1 aromatic rings. The lowest BCUT2D eigenvalue weighted by molar-refractivity contribution is 0.102.